The predicted octanol–water partition coefficient (Wildman–Crippen LogP) is 1.44. The van der Waals surface area contributed by atoms with Crippen LogP contribution in [0.2, 0.25) is 0 Å². The Bertz CT molecular complexity index is 106. The number of hydrogen-bond acceptors (Lipinski definition) is 2. The molecule has 3 heteroatoms. The fraction of sp³-hybridized carbons (Fsp3) is 0.833. The van der Waals surface area contributed by atoms with E-state index in [0.717, 1.165) is 25.7 Å². The molecular weight excluding hydrogens is 229 g/mol. The Balaban J connectivity index is 2.26. The van der Waals surface area contributed by atoms with Crippen molar-refractivity contribution in [3.8, 4) is 0 Å². The highest BCUT2D eigenvalue weighted by Gasteiger charge is 2.16. The number of hydrogen-bond donors (Lipinski definition) is 1. The van der Waals surface area contributed by atoms with E-state index < -0.39 is 0 Å². The van der Waals surface area contributed by atoms with Crippen molar-refractivity contribution in [3.63, 3.8) is 0 Å². The fourth-order valence-electron chi connectivity index (χ4n) is 1.05. The van der Waals surface area contributed by atoms with E-state index >= 15 is 0 Å². The molecule has 1 N–H and O–H groups in total. The average Bonchev–Trinajstić information content (AvgIpc) is 1.90. The van der Waals surface area contributed by atoms with Crippen LogP contribution in [0.1, 0.15) is 25.7 Å². The summed E-state index contributed by atoms with van der Waals surface area (Å²) in [5, 5.41) is 0. The zero-order valence-electron chi connectivity index (χ0n) is 5.19. The van der Waals surface area contributed by atoms with Crippen molar-refractivity contribution in [2.45, 2.75) is 31.7 Å². The van der Waals surface area contributed by atoms with E-state index in [2.05, 4.69) is 26.4 Å². The summed E-state index contributed by atoms with van der Waals surface area (Å²) >= 11 is 2.15. The van der Waals surface area contributed by atoms with Gasteiger partial charge in [-0.1, -0.05) is 0 Å². The van der Waals surface area contributed by atoms with Gasteiger partial charge in [0.25, 0.3) is 0 Å². The van der Waals surface area contributed by atoms with Crippen molar-refractivity contribution in [2.75, 3.05) is 0 Å². The molecule has 1 saturated carbocycles. The summed E-state index contributed by atoms with van der Waals surface area (Å²) in [5.41, 5.74) is 0. The second-order valence-corrected chi connectivity index (χ2v) is 3.04. The molecule has 0 unspecified atom stereocenters. The van der Waals surface area contributed by atoms with Crippen LogP contribution in [-0.4, -0.2) is 11.8 Å². The molecule has 1 rings (SSSR count). The first-order valence-corrected chi connectivity index (χ1v) is 4.28. The third-order valence-electron chi connectivity index (χ3n) is 1.70. The number of halogens is 1. The quantitative estimate of drug-likeness (QED) is 0.554. The minimum atomic E-state index is 0.429. The van der Waals surface area contributed by atoms with Crippen LogP contribution in [0.15, 0.2) is 0 Å². The average molecular weight is 239 g/mol. The molecule has 1 aliphatic rings. The number of carbonyl (C=O) groups excluding carboxylic acids is 1. The smallest absolute Gasteiger partial charge is 0.133 e. The minimum absolute atomic E-state index is 0.429. The molecule has 0 atom stereocenters. The van der Waals surface area contributed by atoms with Gasteiger partial charge in [0.05, 0.1) is 0 Å². The number of carbonyl (C=O) groups is 1. The first kappa shape index (κ1) is 7.47. The van der Waals surface area contributed by atoms with Crippen LogP contribution in [-0.2, 0) is 4.79 Å². The highest BCUT2D eigenvalue weighted by molar-refractivity contribution is 14.1. The number of nitrogens with one attached hydrogen (secondary N) is 1. The normalized spacial score (nSPS) is 22.6. The van der Waals surface area contributed by atoms with Gasteiger partial charge in [0, 0.05) is 41.7 Å². The number of rotatable bonds is 1. The Morgan fingerprint density at radius 2 is 2.00 bits per heavy atom. The molecule has 52 valence electrons. The van der Waals surface area contributed by atoms with E-state index in [-0.39, 0.29) is 0 Å². The molecule has 0 saturated heterocycles. The van der Waals surface area contributed by atoms with E-state index in [1.165, 1.54) is 0 Å². The molecule has 1 aliphatic carbocycles. The second-order valence-electron chi connectivity index (χ2n) is 2.42. The molecule has 0 heterocycles. The lowest BCUT2D eigenvalue weighted by molar-refractivity contribution is -0.120. The number of Topliss-reactive ketones (excluding diaryl/α,β-unsaturated/α-hetero) is 1. The third kappa shape index (κ3) is 2.21. The standard InChI is InChI=1S/C6H10INO/c7-8-5-1-3-6(9)4-2-5/h5,8H,1-4H2. The largest absolute Gasteiger partial charge is 0.300 e. The van der Waals surface area contributed by atoms with Gasteiger partial charge in [-0.25, -0.2) is 0 Å². The first-order valence-electron chi connectivity index (χ1n) is 3.21. The van der Waals surface area contributed by atoms with Gasteiger partial charge in [0.15, 0.2) is 0 Å². The van der Waals surface area contributed by atoms with Crippen LogP contribution in [0.5, 0.6) is 0 Å². The maximum Gasteiger partial charge on any atom is 0.133 e. The Morgan fingerprint density at radius 3 is 2.44 bits per heavy atom. The molecule has 2 nitrogen and oxygen atoms in total. The summed E-state index contributed by atoms with van der Waals surface area (Å²) in [6.07, 6.45) is 3.62. The summed E-state index contributed by atoms with van der Waals surface area (Å²) in [7, 11) is 0. The molecule has 9 heavy (non-hydrogen) atoms. The Kier molecular flexibility index (Phi) is 2.91. The zero-order chi connectivity index (χ0) is 6.69. The number of ketones is 1. The maximum absolute atomic E-state index is 10.7. The van der Waals surface area contributed by atoms with Gasteiger partial charge in [-0.2, -0.15) is 0 Å². The van der Waals surface area contributed by atoms with Gasteiger partial charge in [-0.3, -0.25) is 8.32 Å². The molecule has 0 aromatic heterocycles. The topological polar surface area (TPSA) is 29.1 Å². The van der Waals surface area contributed by atoms with Gasteiger partial charge in [-0.15, -0.1) is 0 Å². The van der Waals surface area contributed by atoms with Gasteiger partial charge in [-0.05, 0) is 12.8 Å². The zero-order valence-corrected chi connectivity index (χ0v) is 7.35. The van der Waals surface area contributed by atoms with Crippen molar-refractivity contribution < 1.29 is 4.79 Å². The maximum atomic E-state index is 10.7. The van der Waals surface area contributed by atoms with Crippen molar-refractivity contribution in [1.82, 2.24) is 3.53 Å². The molecule has 0 spiro atoms. The van der Waals surface area contributed by atoms with E-state index in [4.69, 9.17) is 0 Å². The molecule has 1 fully saturated rings. The summed E-state index contributed by atoms with van der Waals surface area (Å²) in [5.74, 6) is 0.429. The van der Waals surface area contributed by atoms with Crippen molar-refractivity contribution in [3.05, 3.63) is 0 Å². The Hall–Kier alpha value is 0.360. The monoisotopic (exact) mass is 239 g/mol. The summed E-state index contributed by atoms with van der Waals surface area (Å²) in [4.78, 5) is 10.7. The van der Waals surface area contributed by atoms with Gasteiger partial charge in [0.1, 0.15) is 5.78 Å². The van der Waals surface area contributed by atoms with Crippen LogP contribution < -0.4 is 3.53 Å². The molecular formula is C6H10INO. The predicted molar refractivity (Wildman–Crippen MR) is 44.4 cm³/mol. The van der Waals surface area contributed by atoms with Crippen LogP contribution in [0.25, 0.3) is 0 Å². The molecule has 0 aromatic rings. The minimum Gasteiger partial charge on any atom is -0.300 e. The van der Waals surface area contributed by atoms with E-state index in [0.29, 0.717) is 11.8 Å². The summed E-state index contributed by atoms with van der Waals surface area (Å²) in [6, 6.07) is 0.586. The first-order chi connectivity index (χ1) is 4.33. The Labute approximate surface area is 68.9 Å². The summed E-state index contributed by atoms with van der Waals surface area (Å²) < 4.78 is 3.14. The second kappa shape index (κ2) is 3.51. The van der Waals surface area contributed by atoms with Crippen LogP contribution in [0.4, 0.5) is 0 Å². The van der Waals surface area contributed by atoms with Gasteiger partial charge < -0.3 is 0 Å². The molecule has 0 aliphatic heterocycles. The SMILES string of the molecule is O=C1CCC(NI)CC1. The summed E-state index contributed by atoms with van der Waals surface area (Å²) in [6.45, 7) is 0. The van der Waals surface area contributed by atoms with Crippen molar-refractivity contribution >= 4 is 28.6 Å². The van der Waals surface area contributed by atoms with Gasteiger partial charge >= 0.3 is 0 Å². The molecule has 0 aromatic carbocycles. The molecule has 0 radical (unpaired) electrons. The van der Waals surface area contributed by atoms with Crippen molar-refractivity contribution in [2.24, 2.45) is 0 Å². The van der Waals surface area contributed by atoms with E-state index in [1.807, 2.05) is 0 Å². The van der Waals surface area contributed by atoms with E-state index in [9.17, 15) is 4.79 Å². The lowest BCUT2D eigenvalue weighted by Gasteiger charge is -2.18. The van der Waals surface area contributed by atoms with E-state index in [1.54, 1.807) is 0 Å². The van der Waals surface area contributed by atoms with Crippen LogP contribution in [0.3, 0.4) is 0 Å². The lowest BCUT2D eigenvalue weighted by atomic mass is 9.95. The highest BCUT2D eigenvalue weighted by Crippen LogP contribution is 2.15. The van der Waals surface area contributed by atoms with Crippen LogP contribution >= 0.6 is 22.9 Å². The Morgan fingerprint density at radius 1 is 1.44 bits per heavy atom. The molecule has 0 amide bonds. The van der Waals surface area contributed by atoms with Gasteiger partial charge in [0.2, 0.25) is 0 Å². The van der Waals surface area contributed by atoms with Crippen molar-refractivity contribution in [1.29, 1.82) is 0 Å². The van der Waals surface area contributed by atoms with Crippen LogP contribution in [0, 0.1) is 0 Å². The third-order valence-corrected chi connectivity index (χ3v) is 2.58. The molecule has 0 bridgehead atoms. The fourth-order valence-corrected chi connectivity index (χ4v) is 1.67. The lowest BCUT2D eigenvalue weighted by Crippen LogP contribution is -2.26. The highest BCUT2D eigenvalue weighted by atomic mass is 127.